The van der Waals surface area contributed by atoms with Gasteiger partial charge >= 0.3 is 0 Å². The van der Waals surface area contributed by atoms with Crippen molar-refractivity contribution < 1.29 is 4.74 Å². The lowest BCUT2D eigenvalue weighted by Crippen LogP contribution is -2.36. The molecule has 6 heteroatoms. The van der Waals surface area contributed by atoms with Crippen molar-refractivity contribution in [2.45, 2.75) is 64.5 Å². The van der Waals surface area contributed by atoms with Gasteiger partial charge < -0.3 is 14.2 Å². The molecule has 2 aromatic rings. The molecule has 0 radical (unpaired) electrons. The van der Waals surface area contributed by atoms with Crippen LogP contribution in [0, 0.1) is 0 Å². The lowest BCUT2D eigenvalue weighted by Gasteiger charge is -2.35. The van der Waals surface area contributed by atoms with Crippen LogP contribution in [0.15, 0.2) is 30.6 Å². The Labute approximate surface area is 186 Å². The summed E-state index contributed by atoms with van der Waals surface area (Å²) in [6, 6.07) is 5.71. The van der Waals surface area contributed by atoms with Crippen LogP contribution >= 0.6 is 23.2 Å². The third kappa shape index (κ3) is 6.45. The van der Waals surface area contributed by atoms with Gasteiger partial charge in [0.05, 0.1) is 0 Å². The molecule has 0 saturated carbocycles. The Hall–Kier alpha value is -1.07. The average Bonchev–Trinajstić information content (AvgIpc) is 3.15. The van der Waals surface area contributed by atoms with Crippen LogP contribution in [-0.2, 0) is 16.9 Å². The molecular weight excluding hydrogens is 405 g/mol. The topological polar surface area (TPSA) is 30.3 Å². The fourth-order valence-corrected chi connectivity index (χ4v) is 4.19. The minimum Gasteiger partial charge on any atom is -0.362 e. The van der Waals surface area contributed by atoms with Crippen molar-refractivity contribution in [2.75, 3.05) is 27.2 Å². The molecule has 1 aromatic carbocycles. The predicted octanol–water partition coefficient (Wildman–Crippen LogP) is 6.39. The monoisotopic (exact) mass is 439 g/mol. The highest BCUT2D eigenvalue weighted by atomic mass is 35.5. The zero-order valence-electron chi connectivity index (χ0n) is 18.3. The number of unbranched alkanes of at least 4 members (excludes halogenated alkanes) is 2. The van der Waals surface area contributed by atoms with E-state index in [4.69, 9.17) is 32.9 Å². The quantitative estimate of drug-likeness (QED) is 0.338. The van der Waals surface area contributed by atoms with E-state index in [1.54, 1.807) is 0 Å². The van der Waals surface area contributed by atoms with Crippen LogP contribution in [0.1, 0.15) is 63.8 Å². The van der Waals surface area contributed by atoms with E-state index in [0.717, 1.165) is 63.0 Å². The first-order chi connectivity index (χ1) is 13.9. The molecule has 0 bridgehead atoms. The molecule has 2 rings (SSSR count). The number of hydrogen-bond acceptors (Lipinski definition) is 3. The molecule has 0 fully saturated rings. The van der Waals surface area contributed by atoms with E-state index < -0.39 is 5.60 Å². The molecule has 0 aliphatic rings. The number of ether oxygens (including phenoxy) is 1. The number of halogens is 2. The fourth-order valence-electron chi connectivity index (χ4n) is 3.63. The van der Waals surface area contributed by atoms with Gasteiger partial charge in [-0.15, -0.1) is 0 Å². The molecule has 1 heterocycles. The Morgan fingerprint density at radius 2 is 1.86 bits per heavy atom. The third-order valence-corrected chi connectivity index (χ3v) is 5.72. The molecule has 1 aromatic heterocycles. The van der Waals surface area contributed by atoms with Crippen LogP contribution in [0.5, 0.6) is 0 Å². The third-order valence-electron chi connectivity index (χ3n) is 5.18. The number of benzene rings is 1. The van der Waals surface area contributed by atoms with Crippen molar-refractivity contribution in [3.63, 3.8) is 0 Å². The van der Waals surface area contributed by atoms with Crippen LogP contribution in [0.25, 0.3) is 0 Å². The highest BCUT2D eigenvalue weighted by Gasteiger charge is 2.40. The van der Waals surface area contributed by atoms with E-state index in [2.05, 4.69) is 43.6 Å². The number of rotatable bonds is 13. The van der Waals surface area contributed by atoms with Gasteiger partial charge in [-0.2, -0.15) is 0 Å². The molecule has 29 heavy (non-hydrogen) atoms. The number of hydrogen-bond donors (Lipinski definition) is 0. The highest BCUT2D eigenvalue weighted by Crippen LogP contribution is 2.42. The van der Waals surface area contributed by atoms with Crippen molar-refractivity contribution in [1.29, 1.82) is 0 Å². The van der Waals surface area contributed by atoms with Crippen LogP contribution < -0.4 is 0 Å². The van der Waals surface area contributed by atoms with Crippen molar-refractivity contribution in [1.82, 2.24) is 14.5 Å². The maximum absolute atomic E-state index is 6.72. The first-order valence-electron chi connectivity index (χ1n) is 10.7. The Kier molecular flexibility index (Phi) is 9.97. The van der Waals surface area contributed by atoms with Crippen molar-refractivity contribution in [2.24, 2.45) is 0 Å². The van der Waals surface area contributed by atoms with E-state index in [-0.39, 0.29) is 0 Å². The largest absolute Gasteiger partial charge is 0.362 e. The molecule has 0 aliphatic carbocycles. The van der Waals surface area contributed by atoms with Gasteiger partial charge in [-0.05, 0) is 52.0 Å². The van der Waals surface area contributed by atoms with E-state index in [1.807, 2.05) is 24.4 Å². The Bertz CT molecular complexity index is 747. The van der Waals surface area contributed by atoms with Crippen molar-refractivity contribution in [3.8, 4) is 0 Å². The first kappa shape index (κ1) is 24.2. The molecule has 0 N–H and O–H groups in total. The predicted molar refractivity (Wildman–Crippen MR) is 123 cm³/mol. The van der Waals surface area contributed by atoms with Gasteiger partial charge in [0.2, 0.25) is 0 Å². The van der Waals surface area contributed by atoms with Gasteiger partial charge in [0, 0.05) is 41.2 Å². The smallest absolute Gasteiger partial charge is 0.152 e. The van der Waals surface area contributed by atoms with Crippen LogP contribution in [0.3, 0.4) is 0 Å². The number of imidazole rings is 1. The second-order valence-corrected chi connectivity index (χ2v) is 8.70. The Morgan fingerprint density at radius 3 is 2.52 bits per heavy atom. The molecular formula is C23H35Cl2N3O. The van der Waals surface area contributed by atoms with E-state index in [0.29, 0.717) is 16.7 Å². The summed E-state index contributed by atoms with van der Waals surface area (Å²) in [6.45, 7) is 6.94. The lowest BCUT2D eigenvalue weighted by molar-refractivity contribution is -0.0374. The maximum Gasteiger partial charge on any atom is 0.152 e. The molecule has 0 amide bonds. The zero-order valence-corrected chi connectivity index (χ0v) is 19.8. The second kappa shape index (κ2) is 11.9. The Balaban J connectivity index is 2.51. The lowest BCUT2D eigenvalue weighted by atomic mass is 9.86. The number of aromatic nitrogens is 2. The average molecular weight is 440 g/mol. The Morgan fingerprint density at radius 1 is 1.10 bits per heavy atom. The summed E-state index contributed by atoms with van der Waals surface area (Å²) in [4.78, 5) is 6.96. The summed E-state index contributed by atoms with van der Waals surface area (Å²) in [5.41, 5.74) is 0.271. The van der Waals surface area contributed by atoms with Crippen LogP contribution in [0.2, 0.25) is 10.0 Å². The van der Waals surface area contributed by atoms with Gasteiger partial charge in [-0.3, -0.25) is 0 Å². The summed E-state index contributed by atoms with van der Waals surface area (Å²) in [6.07, 6.45) is 10.0. The second-order valence-electron chi connectivity index (χ2n) is 7.86. The van der Waals surface area contributed by atoms with E-state index in [1.165, 1.54) is 0 Å². The summed E-state index contributed by atoms with van der Waals surface area (Å²) < 4.78 is 8.95. The molecule has 162 valence electrons. The standard InChI is InChI=1S/C23H35Cl2N3O/c1-5-7-12-23(29-17-9-14-27(3)4,20-11-10-19(24)18-21(20)25)22-26-13-16-28(22)15-8-6-2/h10-11,13,16,18H,5-9,12,14-15,17H2,1-4H3. The fraction of sp³-hybridized carbons (Fsp3) is 0.609. The van der Waals surface area contributed by atoms with Gasteiger partial charge in [0.1, 0.15) is 5.82 Å². The van der Waals surface area contributed by atoms with Crippen LogP contribution in [-0.4, -0.2) is 41.7 Å². The molecule has 0 saturated heterocycles. The molecule has 1 unspecified atom stereocenters. The molecule has 1 atom stereocenters. The van der Waals surface area contributed by atoms with Crippen molar-refractivity contribution >= 4 is 23.2 Å². The molecule has 4 nitrogen and oxygen atoms in total. The van der Waals surface area contributed by atoms with Gasteiger partial charge in [0.15, 0.2) is 5.60 Å². The summed E-state index contributed by atoms with van der Waals surface area (Å²) >= 11 is 12.9. The molecule has 0 aliphatic heterocycles. The first-order valence-corrected chi connectivity index (χ1v) is 11.5. The van der Waals surface area contributed by atoms with Gasteiger partial charge in [-0.1, -0.05) is 62.4 Å². The number of aryl methyl sites for hydroxylation is 1. The van der Waals surface area contributed by atoms with E-state index >= 15 is 0 Å². The SMILES string of the molecule is CCCCn1ccnc1C(CCCC)(OCCCN(C)C)c1ccc(Cl)cc1Cl. The minimum atomic E-state index is -0.679. The van der Waals surface area contributed by atoms with E-state index in [9.17, 15) is 0 Å². The van der Waals surface area contributed by atoms with Gasteiger partial charge in [-0.25, -0.2) is 4.98 Å². The number of nitrogens with zero attached hydrogens (tertiary/aromatic N) is 3. The maximum atomic E-state index is 6.72. The van der Waals surface area contributed by atoms with Crippen LogP contribution in [0.4, 0.5) is 0 Å². The summed E-state index contributed by atoms with van der Waals surface area (Å²) in [5, 5.41) is 1.26. The van der Waals surface area contributed by atoms with Gasteiger partial charge in [0.25, 0.3) is 0 Å². The summed E-state index contributed by atoms with van der Waals surface area (Å²) in [7, 11) is 4.16. The molecule has 0 spiro atoms. The highest BCUT2D eigenvalue weighted by molar-refractivity contribution is 6.35. The normalized spacial score (nSPS) is 13.8. The summed E-state index contributed by atoms with van der Waals surface area (Å²) in [5.74, 6) is 0.938. The zero-order chi connectivity index (χ0) is 21.3. The van der Waals surface area contributed by atoms with Crippen molar-refractivity contribution in [3.05, 3.63) is 52.0 Å². The minimum absolute atomic E-state index is 0.630.